The molecule has 2 aromatic heterocycles. The number of nitrogens with two attached hydrogens (primary N) is 1. The molecule has 8 heteroatoms. The highest BCUT2D eigenvalue weighted by Gasteiger charge is 2.34. The van der Waals surface area contributed by atoms with Gasteiger partial charge in [0.1, 0.15) is 11.5 Å². The van der Waals surface area contributed by atoms with Crippen molar-refractivity contribution in [1.82, 2.24) is 9.97 Å². The van der Waals surface area contributed by atoms with Gasteiger partial charge in [-0.1, -0.05) is 0 Å². The third-order valence-corrected chi connectivity index (χ3v) is 3.37. The second kappa shape index (κ2) is 4.80. The molecular formula is C13H11F4N3O. The van der Waals surface area contributed by atoms with E-state index in [-0.39, 0.29) is 17.5 Å². The zero-order chi connectivity index (χ0) is 15.2. The maximum absolute atomic E-state index is 13.7. The number of halogens is 4. The van der Waals surface area contributed by atoms with E-state index in [1.165, 1.54) is 0 Å². The fraction of sp³-hybridized carbons (Fsp3) is 0.385. The number of pyridine rings is 1. The first-order valence-electron chi connectivity index (χ1n) is 6.34. The third kappa shape index (κ3) is 2.51. The van der Waals surface area contributed by atoms with Gasteiger partial charge in [0.05, 0.1) is 23.5 Å². The predicted molar refractivity (Wildman–Crippen MR) is 64.6 cm³/mol. The molecule has 2 heterocycles. The summed E-state index contributed by atoms with van der Waals surface area (Å²) in [6.45, 7) is 0. The molecular weight excluding hydrogens is 290 g/mol. The zero-order valence-electron chi connectivity index (χ0n) is 10.7. The van der Waals surface area contributed by atoms with Crippen molar-refractivity contribution in [3.8, 4) is 11.5 Å². The Balaban J connectivity index is 2.08. The van der Waals surface area contributed by atoms with Crippen LogP contribution in [0.5, 0.6) is 0 Å². The van der Waals surface area contributed by atoms with Crippen LogP contribution in [0.15, 0.2) is 16.7 Å². The Morgan fingerprint density at radius 3 is 2.76 bits per heavy atom. The van der Waals surface area contributed by atoms with Crippen LogP contribution in [-0.2, 0) is 12.6 Å². The summed E-state index contributed by atoms with van der Waals surface area (Å²) in [5.41, 5.74) is 4.80. The van der Waals surface area contributed by atoms with Crippen molar-refractivity contribution in [3.63, 3.8) is 0 Å². The Bertz CT molecular complexity index is 681. The van der Waals surface area contributed by atoms with E-state index in [4.69, 9.17) is 10.2 Å². The van der Waals surface area contributed by atoms with Crippen molar-refractivity contribution < 1.29 is 22.0 Å². The van der Waals surface area contributed by atoms with Gasteiger partial charge >= 0.3 is 6.18 Å². The van der Waals surface area contributed by atoms with Crippen LogP contribution >= 0.6 is 0 Å². The lowest BCUT2D eigenvalue weighted by atomic mass is 9.98. The second-order valence-corrected chi connectivity index (χ2v) is 4.87. The molecule has 0 fully saturated rings. The van der Waals surface area contributed by atoms with Crippen molar-refractivity contribution in [2.45, 2.75) is 31.5 Å². The van der Waals surface area contributed by atoms with Gasteiger partial charge in [0.2, 0.25) is 5.89 Å². The topological polar surface area (TPSA) is 64.9 Å². The van der Waals surface area contributed by atoms with E-state index in [2.05, 4.69) is 9.97 Å². The number of hydrogen-bond donors (Lipinski definition) is 1. The van der Waals surface area contributed by atoms with Crippen LogP contribution < -0.4 is 5.73 Å². The van der Waals surface area contributed by atoms with E-state index in [0.29, 0.717) is 36.6 Å². The van der Waals surface area contributed by atoms with Gasteiger partial charge in [0, 0.05) is 6.42 Å². The predicted octanol–water partition coefficient (Wildman–Crippen LogP) is 3.23. The molecule has 0 saturated carbocycles. The zero-order valence-corrected chi connectivity index (χ0v) is 10.7. The molecule has 1 aliphatic rings. The lowest BCUT2D eigenvalue weighted by molar-refractivity contribution is -0.141. The van der Waals surface area contributed by atoms with Gasteiger partial charge in [-0.25, -0.2) is 14.4 Å². The number of fused-ring (bicyclic) bond motifs is 1. The van der Waals surface area contributed by atoms with Crippen LogP contribution in [0.1, 0.15) is 36.0 Å². The van der Waals surface area contributed by atoms with Crippen molar-refractivity contribution >= 4 is 0 Å². The highest BCUT2D eigenvalue weighted by atomic mass is 19.4. The normalized spacial score (nSPS) is 18.6. The molecule has 1 atom stereocenters. The van der Waals surface area contributed by atoms with E-state index in [1.54, 1.807) is 0 Å². The van der Waals surface area contributed by atoms with Crippen LogP contribution in [0, 0.1) is 5.82 Å². The monoisotopic (exact) mass is 301 g/mol. The lowest BCUT2D eigenvalue weighted by Crippen LogP contribution is -2.16. The highest BCUT2D eigenvalue weighted by Crippen LogP contribution is 2.35. The molecule has 0 unspecified atom stereocenters. The number of alkyl halides is 3. The van der Waals surface area contributed by atoms with Crippen molar-refractivity contribution in [1.29, 1.82) is 0 Å². The van der Waals surface area contributed by atoms with Crippen LogP contribution in [0.4, 0.5) is 17.6 Å². The SMILES string of the molecule is N[C@H]1CCCc2oc(-c3cc(C(F)(F)F)ncc3F)nc21. The van der Waals surface area contributed by atoms with Crippen molar-refractivity contribution in [2.75, 3.05) is 0 Å². The number of aryl methyl sites for hydroxylation is 1. The summed E-state index contributed by atoms with van der Waals surface area (Å²) in [6, 6.07) is 0.260. The first-order chi connectivity index (χ1) is 9.86. The number of oxazole rings is 1. The lowest BCUT2D eigenvalue weighted by Gasteiger charge is -2.14. The molecule has 0 saturated heterocycles. The molecule has 1 aliphatic carbocycles. The Hall–Kier alpha value is -1.96. The van der Waals surface area contributed by atoms with Crippen molar-refractivity contribution in [2.24, 2.45) is 5.73 Å². The smallest absolute Gasteiger partial charge is 0.433 e. The Morgan fingerprint density at radius 2 is 2.10 bits per heavy atom. The Labute approximate surface area is 117 Å². The summed E-state index contributed by atoms with van der Waals surface area (Å²) in [7, 11) is 0. The summed E-state index contributed by atoms with van der Waals surface area (Å²) in [6.07, 6.45) is -2.04. The molecule has 0 aliphatic heterocycles. The van der Waals surface area contributed by atoms with Gasteiger partial charge < -0.3 is 10.2 Å². The average molecular weight is 301 g/mol. The second-order valence-electron chi connectivity index (χ2n) is 4.87. The minimum absolute atomic E-state index is 0.192. The van der Waals surface area contributed by atoms with Gasteiger partial charge in [-0.2, -0.15) is 13.2 Å². The average Bonchev–Trinajstić information content (AvgIpc) is 2.83. The van der Waals surface area contributed by atoms with Gasteiger partial charge in [-0.3, -0.25) is 0 Å². The summed E-state index contributed by atoms with van der Waals surface area (Å²) < 4.78 is 57.1. The van der Waals surface area contributed by atoms with Crippen LogP contribution in [-0.4, -0.2) is 9.97 Å². The third-order valence-electron chi connectivity index (χ3n) is 3.37. The molecule has 21 heavy (non-hydrogen) atoms. The van der Waals surface area contributed by atoms with Gasteiger partial charge in [0.25, 0.3) is 0 Å². The largest absolute Gasteiger partial charge is 0.441 e. The standard InChI is InChI=1S/C13H11F4N3O/c14-7-5-19-10(13(15,16)17)4-6(7)12-20-11-8(18)2-1-3-9(11)21-12/h4-5,8H,1-3,18H2/t8-/m0/s1. The van der Waals surface area contributed by atoms with Crippen molar-refractivity contribution in [3.05, 3.63) is 35.2 Å². The quantitative estimate of drug-likeness (QED) is 0.821. The first kappa shape index (κ1) is 14.0. The number of rotatable bonds is 1. The molecule has 2 aromatic rings. The summed E-state index contributed by atoms with van der Waals surface area (Å²) >= 11 is 0. The molecule has 3 rings (SSSR count). The summed E-state index contributed by atoms with van der Waals surface area (Å²) in [5, 5.41) is 0. The summed E-state index contributed by atoms with van der Waals surface area (Å²) in [5.74, 6) is -0.605. The molecule has 2 N–H and O–H groups in total. The van der Waals surface area contributed by atoms with E-state index < -0.39 is 17.7 Å². The molecule has 0 amide bonds. The minimum atomic E-state index is -4.66. The van der Waals surface area contributed by atoms with Gasteiger partial charge in [-0.05, 0) is 18.9 Å². The minimum Gasteiger partial charge on any atom is -0.441 e. The van der Waals surface area contributed by atoms with E-state index in [0.717, 1.165) is 6.42 Å². The number of aromatic nitrogens is 2. The molecule has 112 valence electrons. The maximum atomic E-state index is 13.7. The van der Waals surface area contributed by atoms with Crippen LogP contribution in [0.25, 0.3) is 11.5 Å². The molecule has 0 aromatic carbocycles. The fourth-order valence-corrected chi connectivity index (χ4v) is 2.32. The molecule has 0 bridgehead atoms. The van der Waals surface area contributed by atoms with E-state index >= 15 is 0 Å². The Morgan fingerprint density at radius 1 is 1.33 bits per heavy atom. The maximum Gasteiger partial charge on any atom is 0.433 e. The molecule has 0 spiro atoms. The Kier molecular flexibility index (Phi) is 3.20. The fourth-order valence-electron chi connectivity index (χ4n) is 2.32. The van der Waals surface area contributed by atoms with E-state index in [9.17, 15) is 17.6 Å². The van der Waals surface area contributed by atoms with E-state index in [1.807, 2.05) is 0 Å². The van der Waals surface area contributed by atoms with Gasteiger partial charge in [-0.15, -0.1) is 0 Å². The van der Waals surface area contributed by atoms with Gasteiger partial charge in [0.15, 0.2) is 5.82 Å². The van der Waals surface area contributed by atoms with Crippen LogP contribution in [0.2, 0.25) is 0 Å². The molecule has 4 nitrogen and oxygen atoms in total. The number of nitrogens with zero attached hydrogens (tertiary/aromatic N) is 2. The highest BCUT2D eigenvalue weighted by molar-refractivity contribution is 5.55. The first-order valence-corrected chi connectivity index (χ1v) is 6.34. The van der Waals surface area contributed by atoms with Crippen LogP contribution in [0.3, 0.4) is 0 Å². The molecule has 0 radical (unpaired) electrons. The number of hydrogen-bond acceptors (Lipinski definition) is 4. The summed E-state index contributed by atoms with van der Waals surface area (Å²) in [4.78, 5) is 7.10.